The van der Waals surface area contributed by atoms with Crippen molar-refractivity contribution in [1.29, 1.82) is 0 Å². The van der Waals surface area contributed by atoms with Gasteiger partial charge in [0, 0.05) is 38.3 Å². The molecule has 1 N–H and O–H groups in total. The van der Waals surface area contributed by atoms with E-state index < -0.39 is 5.97 Å². The fourth-order valence-electron chi connectivity index (χ4n) is 7.52. The zero-order valence-corrected chi connectivity index (χ0v) is 29.6. The van der Waals surface area contributed by atoms with E-state index >= 15 is 0 Å². The van der Waals surface area contributed by atoms with E-state index in [2.05, 4.69) is 119 Å². The van der Waals surface area contributed by atoms with Gasteiger partial charge in [0.1, 0.15) is 0 Å². The number of hydrogen-bond acceptors (Lipinski definition) is 5. The highest BCUT2D eigenvalue weighted by Crippen LogP contribution is 2.31. The third-order valence-electron chi connectivity index (χ3n) is 10.3. The number of aliphatic carboxylic acids is 1. The molecule has 2 saturated carbocycles. The lowest BCUT2D eigenvalue weighted by molar-refractivity contribution is -0.149. The maximum absolute atomic E-state index is 12.0. The summed E-state index contributed by atoms with van der Waals surface area (Å²) >= 11 is 0. The normalized spacial score (nSPS) is 20.5. The SMILES string of the molecule is CCOC(=O)C1CCC(N(Cc2ccccc2)Cc2ccccc2)CC1.O=C(O)C1CCC(N(Cc2ccccc2)Cc2ccccc2)CC1. The van der Waals surface area contributed by atoms with E-state index in [4.69, 9.17) is 4.74 Å². The van der Waals surface area contributed by atoms with E-state index in [1.54, 1.807) is 0 Å². The first-order valence-corrected chi connectivity index (χ1v) is 18.5. The van der Waals surface area contributed by atoms with E-state index in [1.807, 2.05) is 19.1 Å². The van der Waals surface area contributed by atoms with Gasteiger partial charge < -0.3 is 9.84 Å². The van der Waals surface area contributed by atoms with Crippen LogP contribution in [0.15, 0.2) is 121 Å². The van der Waals surface area contributed by atoms with Crippen LogP contribution in [0.1, 0.15) is 80.5 Å². The predicted octanol–water partition coefficient (Wildman–Crippen LogP) is 9.14. The second-order valence-electron chi connectivity index (χ2n) is 13.9. The van der Waals surface area contributed by atoms with Crippen molar-refractivity contribution in [3.8, 4) is 0 Å². The molecule has 2 aliphatic carbocycles. The van der Waals surface area contributed by atoms with Gasteiger partial charge in [-0.15, -0.1) is 0 Å². The average molecular weight is 675 g/mol. The molecule has 0 amide bonds. The molecule has 0 radical (unpaired) electrons. The maximum Gasteiger partial charge on any atom is 0.308 e. The van der Waals surface area contributed by atoms with Crippen molar-refractivity contribution in [1.82, 2.24) is 9.80 Å². The summed E-state index contributed by atoms with van der Waals surface area (Å²) in [6.07, 6.45) is 7.51. The van der Waals surface area contributed by atoms with Gasteiger partial charge in [-0.2, -0.15) is 0 Å². The molecule has 0 bridgehead atoms. The number of ether oxygens (including phenoxy) is 1. The molecule has 6 rings (SSSR count). The maximum atomic E-state index is 12.0. The van der Waals surface area contributed by atoms with Crippen LogP contribution in [0.4, 0.5) is 0 Å². The van der Waals surface area contributed by atoms with Crippen LogP contribution >= 0.6 is 0 Å². The highest BCUT2D eigenvalue weighted by Gasteiger charge is 2.31. The summed E-state index contributed by atoms with van der Waals surface area (Å²) in [6, 6.07) is 43.4. The van der Waals surface area contributed by atoms with Crippen molar-refractivity contribution in [3.05, 3.63) is 144 Å². The van der Waals surface area contributed by atoms with Crippen molar-refractivity contribution in [2.24, 2.45) is 11.8 Å². The van der Waals surface area contributed by atoms with E-state index in [0.717, 1.165) is 77.5 Å². The molecule has 0 unspecified atom stereocenters. The summed E-state index contributed by atoms with van der Waals surface area (Å²) in [5.41, 5.74) is 5.31. The van der Waals surface area contributed by atoms with Gasteiger partial charge in [-0.1, -0.05) is 121 Å². The molecule has 6 heteroatoms. The quantitative estimate of drug-likeness (QED) is 0.143. The van der Waals surface area contributed by atoms with Gasteiger partial charge in [0.15, 0.2) is 0 Å². The smallest absolute Gasteiger partial charge is 0.308 e. The summed E-state index contributed by atoms with van der Waals surface area (Å²) in [5, 5.41) is 9.22. The van der Waals surface area contributed by atoms with Crippen LogP contribution in [0.3, 0.4) is 0 Å². The van der Waals surface area contributed by atoms with Crippen LogP contribution in [-0.2, 0) is 40.5 Å². The minimum absolute atomic E-state index is 0.0105. The molecule has 4 aromatic carbocycles. The fraction of sp³-hybridized carbons (Fsp3) is 0.409. The van der Waals surface area contributed by atoms with Crippen LogP contribution in [0, 0.1) is 11.8 Å². The number of carboxylic acids is 1. The van der Waals surface area contributed by atoms with Crippen LogP contribution in [0.2, 0.25) is 0 Å². The number of esters is 1. The van der Waals surface area contributed by atoms with E-state index in [0.29, 0.717) is 18.7 Å². The lowest BCUT2D eigenvalue weighted by Gasteiger charge is -2.36. The van der Waals surface area contributed by atoms with Gasteiger partial charge >= 0.3 is 11.9 Å². The summed E-state index contributed by atoms with van der Waals surface area (Å²) in [5.74, 6) is -0.715. The molecular weight excluding hydrogens is 620 g/mol. The Labute approximate surface area is 299 Å². The highest BCUT2D eigenvalue weighted by atomic mass is 16.5. The minimum Gasteiger partial charge on any atom is -0.481 e. The Balaban J connectivity index is 0.000000195. The highest BCUT2D eigenvalue weighted by molar-refractivity contribution is 5.72. The average Bonchev–Trinajstić information content (AvgIpc) is 3.16. The van der Waals surface area contributed by atoms with Gasteiger partial charge in [-0.3, -0.25) is 19.4 Å². The van der Waals surface area contributed by atoms with Crippen molar-refractivity contribution in [3.63, 3.8) is 0 Å². The summed E-state index contributed by atoms with van der Waals surface area (Å²) in [6.45, 7) is 6.09. The Morgan fingerprint density at radius 2 is 0.820 bits per heavy atom. The van der Waals surface area contributed by atoms with Crippen molar-refractivity contribution >= 4 is 11.9 Å². The monoisotopic (exact) mass is 674 g/mol. The Bertz CT molecular complexity index is 1450. The first kappa shape index (κ1) is 37.0. The van der Waals surface area contributed by atoms with Crippen molar-refractivity contribution < 1.29 is 19.4 Å². The van der Waals surface area contributed by atoms with Crippen molar-refractivity contribution in [2.45, 2.75) is 96.6 Å². The Morgan fingerprint density at radius 3 is 1.10 bits per heavy atom. The lowest BCUT2D eigenvalue weighted by Crippen LogP contribution is -2.38. The molecule has 2 fully saturated rings. The number of hydrogen-bond donors (Lipinski definition) is 1. The second kappa shape index (κ2) is 19.8. The van der Waals surface area contributed by atoms with Crippen LogP contribution < -0.4 is 0 Å². The van der Waals surface area contributed by atoms with Gasteiger partial charge in [0.05, 0.1) is 18.4 Å². The number of nitrogens with zero attached hydrogens (tertiary/aromatic N) is 2. The number of benzene rings is 4. The van der Waals surface area contributed by atoms with Gasteiger partial charge in [-0.25, -0.2) is 0 Å². The molecule has 6 nitrogen and oxygen atoms in total. The third-order valence-corrected chi connectivity index (χ3v) is 10.3. The predicted molar refractivity (Wildman–Crippen MR) is 200 cm³/mol. The molecule has 2 aliphatic rings. The molecular formula is C44H54N2O4. The largest absolute Gasteiger partial charge is 0.481 e. The second-order valence-corrected chi connectivity index (χ2v) is 13.9. The topological polar surface area (TPSA) is 70.1 Å². The molecule has 4 aromatic rings. The number of carbonyl (C=O) groups excluding carboxylic acids is 1. The fourth-order valence-corrected chi connectivity index (χ4v) is 7.52. The zero-order valence-electron chi connectivity index (χ0n) is 29.6. The molecule has 0 aliphatic heterocycles. The van der Waals surface area contributed by atoms with Crippen LogP contribution in [0.25, 0.3) is 0 Å². The van der Waals surface area contributed by atoms with Gasteiger partial charge in [0.25, 0.3) is 0 Å². The standard InChI is InChI=1S/C23H29NO2.C21H25NO2/c1-2-26-23(25)21-13-15-22(16-14-21)24(17-19-9-5-3-6-10-19)18-20-11-7-4-8-12-20;23-21(24)19-11-13-20(14-12-19)22(15-17-7-3-1-4-8-17)16-18-9-5-2-6-10-18/h3-12,21-22H,2,13-18H2,1H3;1-10,19-20H,11-16H2,(H,23,24). The lowest BCUT2D eigenvalue weighted by atomic mass is 9.85. The Morgan fingerprint density at radius 1 is 0.520 bits per heavy atom. The van der Waals surface area contributed by atoms with Gasteiger partial charge in [-0.05, 0) is 80.5 Å². The molecule has 0 atom stereocenters. The third kappa shape index (κ3) is 11.7. The van der Waals surface area contributed by atoms with Gasteiger partial charge in [0.2, 0.25) is 0 Å². The Kier molecular flexibility index (Phi) is 14.7. The van der Waals surface area contributed by atoms with E-state index in [9.17, 15) is 14.7 Å². The molecule has 0 spiro atoms. The molecule has 50 heavy (non-hydrogen) atoms. The first-order chi connectivity index (χ1) is 24.5. The number of carbonyl (C=O) groups is 2. The van der Waals surface area contributed by atoms with E-state index in [1.165, 1.54) is 22.3 Å². The molecule has 264 valence electrons. The summed E-state index contributed by atoms with van der Waals surface area (Å²) in [4.78, 5) is 28.3. The minimum atomic E-state index is -0.633. The molecule has 0 heterocycles. The Hall–Kier alpha value is -4.26. The van der Waals surface area contributed by atoms with Crippen LogP contribution in [0.5, 0.6) is 0 Å². The zero-order chi connectivity index (χ0) is 35.0. The molecule has 0 aromatic heterocycles. The number of carboxylic acid groups (broad SMARTS) is 1. The summed E-state index contributed by atoms with van der Waals surface area (Å²) < 4.78 is 5.22. The van der Waals surface area contributed by atoms with Crippen molar-refractivity contribution in [2.75, 3.05) is 6.61 Å². The number of rotatable bonds is 13. The molecule has 0 saturated heterocycles. The van der Waals surface area contributed by atoms with E-state index in [-0.39, 0.29) is 17.8 Å². The van der Waals surface area contributed by atoms with Crippen LogP contribution in [-0.4, -0.2) is 45.5 Å². The summed E-state index contributed by atoms with van der Waals surface area (Å²) in [7, 11) is 0. The first-order valence-electron chi connectivity index (χ1n) is 18.5.